The Morgan fingerprint density at radius 1 is 0.759 bits per heavy atom. The Hall–Kier alpha value is -3.44. The molecule has 5 nitrogen and oxygen atoms in total. The fraction of sp³-hybridized carbons (Fsp3) is 0.167. The van der Waals surface area contributed by atoms with E-state index in [-0.39, 0.29) is 17.9 Å². The van der Waals surface area contributed by atoms with Crippen molar-refractivity contribution in [3.05, 3.63) is 95.6 Å². The Morgan fingerprint density at radius 2 is 1.41 bits per heavy atom. The highest BCUT2D eigenvalue weighted by atomic mass is 16.5. The molecule has 29 heavy (non-hydrogen) atoms. The lowest BCUT2D eigenvalue weighted by Gasteiger charge is -2.23. The van der Waals surface area contributed by atoms with E-state index in [1.807, 2.05) is 74.5 Å². The summed E-state index contributed by atoms with van der Waals surface area (Å²) in [4.78, 5) is 24.5. The first-order chi connectivity index (χ1) is 14.0. The van der Waals surface area contributed by atoms with Crippen LogP contribution >= 0.6 is 0 Å². The lowest BCUT2D eigenvalue weighted by molar-refractivity contribution is 0.0706. The summed E-state index contributed by atoms with van der Waals surface area (Å²) < 4.78 is 0. The molecule has 0 bridgehead atoms. The summed E-state index contributed by atoms with van der Waals surface area (Å²) >= 11 is 0. The van der Waals surface area contributed by atoms with Crippen LogP contribution in [0.3, 0.4) is 0 Å². The number of rotatable bonds is 6. The summed E-state index contributed by atoms with van der Waals surface area (Å²) in [6, 6.07) is 24.1. The monoisotopic (exact) mass is 388 g/mol. The number of hydrogen-bond donors (Lipinski definition) is 3. The SMILES string of the molecule is CC(C)C(NC(=O)c1ccc(-c2ccccc2)cc1)c1cccc(C(=O)NO)c1. The molecule has 0 fully saturated rings. The lowest BCUT2D eigenvalue weighted by Crippen LogP contribution is -2.32. The minimum absolute atomic E-state index is 0.106. The van der Waals surface area contributed by atoms with Gasteiger partial charge in [-0.15, -0.1) is 0 Å². The van der Waals surface area contributed by atoms with E-state index in [2.05, 4.69) is 5.32 Å². The number of benzene rings is 3. The van der Waals surface area contributed by atoms with Crippen LogP contribution < -0.4 is 10.8 Å². The minimum atomic E-state index is -0.586. The van der Waals surface area contributed by atoms with E-state index in [4.69, 9.17) is 5.21 Å². The van der Waals surface area contributed by atoms with Crippen molar-refractivity contribution in [2.45, 2.75) is 19.9 Å². The van der Waals surface area contributed by atoms with Crippen LogP contribution in [0.5, 0.6) is 0 Å². The van der Waals surface area contributed by atoms with Gasteiger partial charge in [-0.3, -0.25) is 14.8 Å². The zero-order valence-electron chi connectivity index (χ0n) is 16.4. The highest BCUT2D eigenvalue weighted by Crippen LogP contribution is 2.24. The Labute approximate surface area is 170 Å². The molecule has 3 N–H and O–H groups in total. The van der Waals surface area contributed by atoms with E-state index in [0.717, 1.165) is 16.7 Å². The van der Waals surface area contributed by atoms with Crippen molar-refractivity contribution in [2.24, 2.45) is 5.92 Å². The van der Waals surface area contributed by atoms with E-state index < -0.39 is 5.91 Å². The van der Waals surface area contributed by atoms with Gasteiger partial charge >= 0.3 is 0 Å². The molecule has 0 aliphatic rings. The summed E-state index contributed by atoms with van der Waals surface area (Å²) in [5.74, 6) is -0.660. The summed E-state index contributed by atoms with van der Waals surface area (Å²) in [7, 11) is 0. The number of carbonyl (C=O) groups excluding carboxylic acids is 2. The average molecular weight is 388 g/mol. The second kappa shape index (κ2) is 9.17. The van der Waals surface area contributed by atoms with Crippen LogP contribution in [0, 0.1) is 5.92 Å². The second-order valence-corrected chi connectivity index (χ2v) is 7.20. The van der Waals surface area contributed by atoms with Gasteiger partial charge in [0.2, 0.25) is 0 Å². The van der Waals surface area contributed by atoms with Crippen LogP contribution in [0.15, 0.2) is 78.9 Å². The fourth-order valence-electron chi connectivity index (χ4n) is 3.24. The van der Waals surface area contributed by atoms with Crippen molar-refractivity contribution < 1.29 is 14.8 Å². The summed E-state index contributed by atoms with van der Waals surface area (Å²) in [6.45, 7) is 4.00. The molecule has 0 aliphatic carbocycles. The van der Waals surface area contributed by atoms with E-state index in [1.165, 1.54) is 0 Å². The highest BCUT2D eigenvalue weighted by Gasteiger charge is 2.20. The van der Waals surface area contributed by atoms with E-state index in [1.54, 1.807) is 23.7 Å². The molecule has 0 spiro atoms. The fourth-order valence-corrected chi connectivity index (χ4v) is 3.24. The first kappa shape index (κ1) is 20.3. The molecular weight excluding hydrogens is 364 g/mol. The zero-order valence-corrected chi connectivity index (χ0v) is 16.4. The van der Waals surface area contributed by atoms with Crippen molar-refractivity contribution in [3.63, 3.8) is 0 Å². The molecule has 0 aliphatic heterocycles. The van der Waals surface area contributed by atoms with Crippen LogP contribution in [-0.4, -0.2) is 17.0 Å². The Balaban J connectivity index is 1.79. The number of carbonyl (C=O) groups is 2. The van der Waals surface area contributed by atoms with Gasteiger partial charge in [0.15, 0.2) is 0 Å². The predicted molar refractivity (Wildman–Crippen MR) is 113 cm³/mol. The van der Waals surface area contributed by atoms with Crippen molar-refractivity contribution in [3.8, 4) is 11.1 Å². The van der Waals surface area contributed by atoms with Crippen LogP contribution in [0.2, 0.25) is 0 Å². The lowest BCUT2D eigenvalue weighted by atomic mass is 9.94. The molecular formula is C24H24N2O3. The molecule has 0 saturated carbocycles. The summed E-state index contributed by atoms with van der Waals surface area (Å²) in [5.41, 5.74) is 5.48. The number of amides is 2. The smallest absolute Gasteiger partial charge is 0.274 e. The minimum Gasteiger partial charge on any atom is -0.345 e. The van der Waals surface area contributed by atoms with Crippen molar-refractivity contribution in [1.82, 2.24) is 10.8 Å². The maximum Gasteiger partial charge on any atom is 0.274 e. The standard InChI is InChI=1S/C24H24N2O3/c1-16(2)22(20-9-6-10-21(15-20)24(28)26-29)25-23(27)19-13-11-18(12-14-19)17-7-4-3-5-8-17/h3-16,22,29H,1-2H3,(H,25,27)(H,26,28). The molecule has 3 rings (SSSR count). The molecule has 0 heterocycles. The molecule has 0 aromatic heterocycles. The van der Waals surface area contributed by atoms with Gasteiger partial charge in [-0.1, -0.05) is 68.4 Å². The molecule has 5 heteroatoms. The third kappa shape index (κ3) is 4.89. The topological polar surface area (TPSA) is 78.4 Å². The number of hydroxylamine groups is 1. The molecule has 1 unspecified atom stereocenters. The quantitative estimate of drug-likeness (QED) is 0.427. The third-order valence-corrected chi connectivity index (χ3v) is 4.82. The van der Waals surface area contributed by atoms with E-state index >= 15 is 0 Å². The van der Waals surface area contributed by atoms with Gasteiger partial charge < -0.3 is 5.32 Å². The third-order valence-electron chi connectivity index (χ3n) is 4.82. The molecule has 0 saturated heterocycles. The van der Waals surface area contributed by atoms with Crippen molar-refractivity contribution in [2.75, 3.05) is 0 Å². The molecule has 1 atom stereocenters. The molecule has 0 radical (unpaired) electrons. The number of nitrogens with one attached hydrogen (secondary N) is 2. The molecule has 148 valence electrons. The van der Waals surface area contributed by atoms with Gasteiger partial charge in [-0.25, -0.2) is 5.48 Å². The van der Waals surface area contributed by atoms with Crippen LogP contribution in [0.1, 0.15) is 46.2 Å². The summed E-state index contributed by atoms with van der Waals surface area (Å²) in [5, 5.41) is 11.9. The Kier molecular flexibility index (Phi) is 6.42. The normalized spacial score (nSPS) is 11.7. The Morgan fingerprint density at radius 3 is 2.03 bits per heavy atom. The summed E-state index contributed by atoms with van der Waals surface area (Å²) in [6.07, 6.45) is 0. The largest absolute Gasteiger partial charge is 0.345 e. The molecule has 3 aromatic carbocycles. The zero-order chi connectivity index (χ0) is 20.8. The van der Waals surface area contributed by atoms with Crippen LogP contribution in [0.25, 0.3) is 11.1 Å². The van der Waals surface area contributed by atoms with Gasteiger partial charge in [0.05, 0.1) is 6.04 Å². The molecule has 3 aromatic rings. The van der Waals surface area contributed by atoms with E-state index in [0.29, 0.717) is 11.1 Å². The van der Waals surface area contributed by atoms with Crippen LogP contribution in [0.4, 0.5) is 0 Å². The van der Waals surface area contributed by atoms with E-state index in [9.17, 15) is 9.59 Å². The first-order valence-corrected chi connectivity index (χ1v) is 9.50. The van der Waals surface area contributed by atoms with Gasteiger partial charge in [-0.2, -0.15) is 0 Å². The average Bonchev–Trinajstić information content (AvgIpc) is 2.77. The maximum absolute atomic E-state index is 12.8. The first-order valence-electron chi connectivity index (χ1n) is 9.50. The number of hydrogen-bond acceptors (Lipinski definition) is 3. The maximum atomic E-state index is 12.8. The van der Waals surface area contributed by atoms with Gasteiger partial charge in [0, 0.05) is 11.1 Å². The van der Waals surface area contributed by atoms with Crippen molar-refractivity contribution >= 4 is 11.8 Å². The molecule has 2 amide bonds. The van der Waals surface area contributed by atoms with Crippen LogP contribution in [-0.2, 0) is 0 Å². The van der Waals surface area contributed by atoms with Gasteiger partial charge in [0.1, 0.15) is 0 Å². The van der Waals surface area contributed by atoms with Crippen molar-refractivity contribution in [1.29, 1.82) is 0 Å². The second-order valence-electron chi connectivity index (χ2n) is 7.20. The Bertz CT molecular complexity index is 983. The van der Waals surface area contributed by atoms with Gasteiger partial charge in [-0.05, 0) is 46.9 Å². The highest BCUT2D eigenvalue weighted by molar-refractivity contribution is 5.95. The predicted octanol–water partition coefficient (Wildman–Crippen LogP) is 4.60. The van der Waals surface area contributed by atoms with Gasteiger partial charge in [0.25, 0.3) is 11.8 Å².